The van der Waals surface area contributed by atoms with E-state index in [-0.39, 0.29) is 5.82 Å². The molecule has 0 N–H and O–H groups in total. The first-order valence-electron chi connectivity index (χ1n) is 8.70. The Hall–Kier alpha value is -2.81. The van der Waals surface area contributed by atoms with Gasteiger partial charge in [0.25, 0.3) is 0 Å². The molecule has 0 radical (unpaired) electrons. The molecule has 4 aromatic rings. The summed E-state index contributed by atoms with van der Waals surface area (Å²) in [7, 11) is 0. The summed E-state index contributed by atoms with van der Waals surface area (Å²) in [5.41, 5.74) is 4.70. The highest BCUT2D eigenvalue weighted by atomic mass is 35.5. The molecule has 2 heterocycles. The second-order valence-electron chi connectivity index (χ2n) is 6.48. The number of benzene rings is 3. The Morgan fingerprint density at radius 1 is 1.14 bits per heavy atom. The van der Waals surface area contributed by atoms with Crippen LogP contribution >= 0.6 is 23.4 Å². The minimum atomic E-state index is -0.327. The first-order valence-corrected chi connectivity index (χ1v) is 10.1. The molecule has 0 saturated carbocycles. The molecule has 0 atom stereocenters. The van der Waals surface area contributed by atoms with Crippen molar-refractivity contribution in [3.05, 3.63) is 70.5 Å². The first-order chi connectivity index (χ1) is 13.7. The highest BCUT2D eigenvalue weighted by molar-refractivity contribution is 7.99. The van der Waals surface area contributed by atoms with Crippen molar-refractivity contribution in [2.45, 2.75) is 11.3 Å². The van der Waals surface area contributed by atoms with Gasteiger partial charge in [-0.3, -0.25) is 0 Å². The number of fused-ring (bicyclic) bond motifs is 2. The highest BCUT2D eigenvalue weighted by Gasteiger charge is 2.23. The number of nitriles is 1. The van der Waals surface area contributed by atoms with Gasteiger partial charge in [0.05, 0.1) is 10.6 Å². The molecule has 1 aromatic heterocycles. The summed E-state index contributed by atoms with van der Waals surface area (Å²) in [6.45, 7) is 0. The van der Waals surface area contributed by atoms with Crippen LogP contribution in [0.2, 0.25) is 5.02 Å². The molecule has 0 aliphatic carbocycles. The number of thioether (sulfide) groups is 1. The van der Waals surface area contributed by atoms with Gasteiger partial charge in [-0.15, -0.1) is 11.8 Å². The maximum Gasteiger partial charge on any atom is 0.228 e. The van der Waals surface area contributed by atoms with Crippen molar-refractivity contribution in [3.8, 4) is 28.7 Å². The Balaban J connectivity index is 1.69. The smallest absolute Gasteiger partial charge is 0.228 e. The quantitative estimate of drug-likeness (QED) is 0.382. The van der Waals surface area contributed by atoms with Crippen molar-refractivity contribution in [2.24, 2.45) is 0 Å². The van der Waals surface area contributed by atoms with Crippen LogP contribution in [0.4, 0.5) is 4.39 Å². The molecule has 0 amide bonds. The van der Waals surface area contributed by atoms with Crippen molar-refractivity contribution in [2.75, 3.05) is 5.75 Å². The summed E-state index contributed by atoms with van der Waals surface area (Å²) < 4.78 is 19.6. The van der Waals surface area contributed by atoms with Crippen molar-refractivity contribution in [1.82, 2.24) is 4.98 Å². The van der Waals surface area contributed by atoms with Gasteiger partial charge in [0.2, 0.25) is 5.89 Å². The molecule has 28 heavy (non-hydrogen) atoms. The lowest BCUT2D eigenvalue weighted by Crippen LogP contribution is -1.88. The van der Waals surface area contributed by atoms with Crippen LogP contribution in [-0.2, 0) is 6.42 Å². The van der Waals surface area contributed by atoms with E-state index >= 15 is 0 Å². The van der Waals surface area contributed by atoms with Crippen LogP contribution < -0.4 is 0 Å². The van der Waals surface area contributed by atoms with Gasteiger partial charge < -0.3 is 4.42 Å². The molecule has 3 aromatic carbocycles. The van der Waals surface area contributed by atoms with Gasteiger partial charge in [-0.05, 0) is 41.8 Å². The number of oxazole rings is 1. The van der Waals surface area contributed by atoms with Gasteiger partial charge in [-0.2, -0.15) is 5.26 Å². The maximum atomic E-state index is 13.6. The lowest BCUT2D eigenvalue weighted by atomic mass is 10.0. The van der Waals surface area contributed by atoms with Crippen molar-refractivity contribution < 1.29 is 8.81 Å². The average molecular weight is 407 g/mol. The van der Waals surface area contributed by atoms with Crippen molar-refractivity contribution in [1.29, 1.82) is 5.26 Å². The van der Waals surface area contributed by atoms with E-state index in [2.05, 4.69) is 11.1 Å². The van der Waals surface area contributed by atoms with E-state index in [1.807, 2.05) is 24.3 Å². The molecular formula is C22H12ClFN2OS. The summed E-state index contributed by atoms with van der Waals surface area (Å²) in [5, 5.41) is 10.1. The Morgan fingerprint density at radius 2 is 1.96 bits per heavy atom. The van der Waals surface area contributed by atoms with E-state index < -0.39 is 0 Å². The van der Waals surface area contributed by atoms with Gasteiger partial charge >= 0.3 is 0 Å². The number of hydrogen-bond donors (Lipinski definition) is 0. The van der Waals surface area contributed by atoms with E-state index in [9.17, 15) is 9.65 Å². The molecule has 3 nitrogen and oxygen atoms in total. The third-order valence-electron chi connectivity index (χ3n) is 4.83. The fraction of sp³-hybridized carbons (Fsp3) is 0.0909. The van der Waals surface area contributed by atoms with Crippen molar-refractivity contribution in [3.63, 3.8) is 0 Å². The van der Waals surface area contributed by atoms with Gasteiger partial charge in [-0.1, -0.05) is 35.9 Å². The summed E-state index contributed by atoms with van der Waals surface area (Å²) in [6, 6.07) is 16.0. The fourth-order valence-electron chi connectivity index (χ4n) is 3.53. The van der Waals surface area contributed by atoms with E-state index in [0.717, 1.165) is 22.6 Å². The third kappa shape index (κ3) is 2.69. The second-order valence-corrected chi connectivity index (χ2v) is 8.00. The topological polar surface area (TPSA) is 49.8 Å². The Bertz CT molecular complexity index is 1290. The van der Waals surface area contributed by atoms with Gasteiger partial charge in [-0.25, -0.2) is 9.37 Å². The normalized spacial score (nSPS) is 12.9. The molecule has 0 unspecified atom stereocenters. The predicted molar refractivity (Wildman–Crippen MR) is 109 cm³/mol. The van der Waals surface area contributed by atoms with E-state index in [4.69, 9.17) is 16.0 Å². The molecule has 1 aliphatic heterocycles. The van der Waals surface area contributed by atoms with E-state index in [1.165, 1.54) is 12.1 Å². The maximum absolute atomic E-state index is 13.6. The Morgan fingerprint density at radius 3 is 2.79 bits per heavy atom. The number of hydrogen-bond acceptors (Lipinski definition) is 4. The second kappa shape index (κ2) is 6.66. The monoisotopic (exact) mass is 406 g/mol. The zero-order valence-electron chi connectivity index (χ0n) is 14.5. The van der Waals surface area contributed by atoms with E-state index in [0.29, 0.717) is 44.3 Å². The fourth-order valence-corrected chi connectivity index (χ4v) is 4.95. The number of halogens is 2. The zero-order valence-corrected chi connectivity index (χ0v) is 16.1. The average Bonchev–Trinajstić information content (AvgIpc) is 3.32. The summed E-state index contributed by atoms with van der Waals surface area (Å²) in [6.07, 6.45) is 0.852. The van der Waals surface area contributed by atoms with Gasteiger partial charge in [0.1, 0.15) is 23.0 Å². The van der Waals surface area contributed by atoms with Crippen LogP contribution in [0.25, 0.3) is 33.7 Å². The van der Waals surface area contributed by atoms with Crippen LogP contribution in [0.15, 0.2) is 57.8 Å². The SMILES string of the molecule is N#Cc1c2c(cc3nc(-c4cccc(-c5cccc(F)c5)c4Cl)oc13)SCC2. The molecule has 0 bridgehead atoms. The van der Waals surface area contributed by atoms with Crippen LogP contribution in [0, 0.1) is 17.1 Å². The first kappa shape index (κ1) is 17.3. The molecule has 5 rings (SSSR count). The predicted octanol–water partition coefficient (Wildman–Crippen LogP) is 6.47. The van der Waals surface area contributed by atoms with Gasteiger partial charge in [0.15, 0.2) is 5.58 Å². The highest BCUT2D eigenvalue weighted by Crippen LogP contribution is 2.41. The lowest BCUT2D eigenvalue weighted by Gasteiger charge is -2.07. The van der Waals surface area contributed by atoms with Crippen LogP contribution in [0.3, 0.4) is 0 Å². The molecule has 1 aliphatic rings. The zero-order chi connectivity index (χ0) is 19.3. The summed E-state index contributed by atoms with van der Waals surface area (Å²) in [5.74, 6) is 0.986. The number of nitrogens with zero attached hydrogens (tertiary/aromatic N) is 2. The minimum Gasteiger partial charge on any atom is -0.435 e. The third-order valence-corrected chi connectivity index (χ3v) is 6.32. The number of rotatable bonds is 2. The summed E-state index contributed by atoms with van der Waals surface area (Å²) >= 11 is 8.37. The van der Waals surface area contributed by atoms with Crippen LogP contribution in [0.5, 0.6) is 0 Å². The lowest BCUT2D eigenvalue weighted by molar-refractivity contribution is 0.618. The standard InChI is InChI=1S/C22H12ClFN2OS/c23-20-14(12-3-1-4-13(24)9-12)5-2-6-16(20)22-26-18-10-19-15(7-8-28-19)17(11-25)21(18)27-22/h1-6,9-10H,7-8H2. The van der Waals surface area contributed by atoms with Crippen molar-refractivity contribution >= 4 is 34.5 Å². The molecule has 0 spiro atoms. The van der Waals surface area contributed by atoms with Gasteiger partial charge in [0, 0.05) is 16.2 Å². The minimum absolute atomic E-state index is 0.327. The van der Waals surface area contributed by atoms with Crippen LogP contribution in [0.1, 0.15) is 11.1 Å². The summed E-state index contributed by atoms with van der Waals surface area (Å²) in [4.78, 5) is 5.68. The molecule has 0 fully saturated rings. The molecule has 6 heteroatoms. The molecule has 0 saturated heterocycles. The number of aromatic nitrogens is 1. The van der Waals surface area contributed by atoms with Crippen LogP contribution in [-0.4, -0.2) is 10.7 Å². The Labute approximate surface area is 169 Å². The molecular weight excluding hydrogens is 395 g/mol. The van der Waals surface area contributed by atoms with E-state index in [1.54, 1.807) is 23.9 Å². The largest absolute Gasteiger partial charge is 0.435 e. The Kier molecular flexibility index (Phi) is 4.12. The molecule has 136 valence electrons.